The van der Waals surface area contributed by atoms with Crippen LogP contribution in [-0.4, -0.2) is 42.1 Å². The maximum Gasteiger partial charge on any atom is 0.217 e. The van der Waals surface area contributed by atoms with Crippen molar-refractivity contribution in [1.82, 2.24) is 15.2 Å². The first-order chi connectivity index (χ1) is 13.6. The van der Waals surface area contributed by atoms with E-state index in [0.29, 0.717) is 18.7 Å². The molecule has 1 fully saturated rings. The van der Waals surface area contributed by atoms with Crippen molar-refractivity contribution < 1.29 is 14.3 Å². The number of pyridine rings is 1. The number of methoxy groups -OCH3 is 1. The van der Waals surface area contributed by atoms with Gasteiger partial charge < -0.3 is 14.8 Å². The van der Waals surface area contributed by atoms with Gasteiger partial charge in [0.15, 0.2) is 0 Å². The average Bonchev–Trinajstić information content (AvgIpc) is 3.13. The van der Waals surface area contributed by atoms with Gasteiger partial charge in [0.05, 0.1) is 31.0 Å². The summed E-state index contributed by atoms with van der Waals surface area (Å²) in [4.78, 5) is 17.6. The highest BCUT2D eigenvalue weighted by Crippen LogP contribution is 2.25. The summed E-state index contributed by atoms with van der Waals surface area (Å²) in [6.45, 7) is 4.29. The minimum Gasteiger partial charge on any atom is -0.496 e. The van der Waals surface area contributed by atoms with Crippen LogP contribution in [0, 0.1) is 11.3 Å². The molecule has 0 spiro atoms. The molecule has 1 atom stereocenters. The van der Waals surface area contributed by atoms with E-state index in [0.717, 1.165) is 42.3 Å². The zero-order valence-electron chi connectivity index (χ0n) is 16.1. The van der Waals surface area contributed by atoms with Gasteiger partial charge >= 0.3 is 0 Å². The van der Waals surface area contributed by atoms with Crippen LogP contribution in [0.5, 0.6) is 11.5 Å². The molecule has 146 valence electrons. The van der Waals surface area contributed by atoms with Crippen LogP contribution in [0.25, 0.3) is 0 Å². The summed E-state index contributed by atoms with van der Waals surface area (Å²) in [5.74, 6) is 1.46. The van der Waals surface area contributed by atoms with Crippen molar-refractivity contribution in [3.8, 4) is 17.6 Å². The molecule has 7 nitrogen and oxygen atoms in total. The zero-order chi connectivity index (χ0) is 19.9. The maximum atomic E-state index is 11.1. The number of amides is 1. The van der Waals surface area contributed by atoms with E-state index in [1.807, 2.05) is 24.3 Å². The molecule has 2 aromatic rings. The summed E-state index contributed by atoms with van der Waals surface area (Å²) in [7, 11) is 1.64. The molecule has 28 heavy (non-hydrogen) atoms. The van der Waals surface area contributed by atoms with E-state index in [1.54, 1.807) is 19.4 Å². The third-order valence-corrected chi connectivity index (χ3v) is 4.64. The number of rotatable bonds is 7. The number of nitriles is 1. The Balaban J connectivity index is 1.58. The molecule has 1 amide bonds. The summed E-state index contributed by atoms with van der Waals surface area (Å²) in [5, 5.41) is 11.9. The highest BCUT2D eigenvalue weighted by Gasteiger charge is 2.25. The number of ether oxygens (including phenoxy) is 2. The highest BCUT2D eigenvalue weighted by molar-refractivity contribution is 5.72. The summed E-state index contributed by atoms with van der Waals surface area (Å²) >= 11 is 0. The fourth-order valence-electron chi connectivity index (χ4n) is 3.28. The molecular formula is C21H24N4O3. The second-order valence-electron chi connectivity index (χ2n) is 6.79. The van der Waals surface area contributed by atoms with Crippen LogP contribution in [-0.2, 0) is 17.9 Å². The van der Waals surface area contributed by atoms with Crippen LogP contribution in [0.2, 0.25) is 0 Å². The lowest BCUT2D eigenvalue weighted by molar-refractivity contribution is -0.119. The van der Waals surface area contributed by atoms with E-state index in [-0.39, 0.29) is 12.0 Å². The lowest BCUT2D eigenvalue weighted by Crippen LogP contribution is -2.25. The van der Waals surface area contributed by atoms with Crippen LogP contribution in [0.1, 0.15) is 30.2 Å². The predicted octanol–water partition coefficient (Wildman–Crippen LogP) is 2.25. The Bertz CT molecular complexity index is 878. The first kappa shape index (κ1) is 19.6. The van der Waals surface area contributed by atoms with Crippen molar-refractivity contribution in [3.05, 3.63) is 53.3 Å². The second kappa shape index (κ2) is 9.20. The zero-order valence-corrected chi connectivity index (χ0v) is 16.1. The molecule has 1 aromatic heterocycles. The Kier molecular flexibility index (Phi) is 6.45. The second-order valence-corrected chi connectivity index (χ2v) is 6.79. The third-order valence-electron chi connectivity index (χ3n) is 4.64. The third kappa shape index (κ3) is 5.21. The van der Waals surface area contributed by atoms with Gasteiger partial charge in [0, 0.05) is 44.4 Å². The first-order valence-corrected chi connectivity index (χ1v) is 9.22. The number of nitrogens with zero attached hydrogens (tertiary/aromatic N) is 3. The van der Waals surface area contributed by atoms with Gasteiger partial charge in [0.2, 0.25) is 5.91 Å². The molecular weight excluding hydrogens is 356 g/mol. The number of benzene rings is 1. The number of likely N-dealkylation sites (tertiary alicyclic amines) is 1. The molecule has 7 heteroatoms. The molecule has 2 heterocycles. The van der Waals surface area contributed by atoms with Crippen LogP contribution in [0.4, 0.5) is 0 Å². The van der Waals surface area contributed by atoms with Gasteiger partial charge in [0.25, 0.3) is 0 Å². The van der Waals surface area contributed by atoms with Crippen molar-refractivity contribution in [2.24, 2.45) is 0 Å². The Labute approximate surface area is 164 Å². The fourth-order valence-corrected chi connectivity index (χ4v) is 3.28. The van der Waals surface area contributed by atoms with Crippen molar-refractivity contribution in [2.45, 2.75) is 32.5 Å². The monoisotopic (exact) mass is 380 g/mol. The molecule has 0 aliphatic carbocycles. The topological polar surface area (TPSA) is 87.5 Å². The normalized spacial score (nSPS) is 16.4. The lowest BCUT2D eigenvalue weighted by atomic mass is 10.1. The number of hydrogen-bond donors (Lipinski definition) is 1. The molecule has 1 unspecified atom stereocenters. The van der Waals surface area contributed by atoms with E-state index < -0.39 is 0 Å². The number of nitrogens with one attached hydrogen (secondary N) is 1. The van der Waals surface area contributed by atoms with Gasteiger partial charge in [-0.3, -0.25) is 14.7 Å². The van der Waals surface area contributed by atoms with Crippen LogP contribution < -0.4 is 14.8 Å². The Morgan fingerprint density at radius 3 is 3.00 bits per heavy atom. The molecule has 0 saturated carbocycles. The molecule has 1 aliphatic heterocycles. The number of hydrogen-bond acceptors (Lipinski definition) is 6. The Morgan fingerprint density at radius 1 is 1.39 bits per heavy atom. The standard InChI is InChI=1S/C21H24N4O3/c1-15(26)24-12-18-10-19(5-7-23-18)28-20-6-8-25(14-20)13-17-9-16(11-22)3-4-21(17)27-2/h3-5,7,9-10,20H,6,8,12-14H2,1-2H3,(H,24,26). The van der Waals surface area contributed by atoms with Crippen LogP contribution >= 0.6 is 0 Å². The quantitative estimate of drug-likeness (QED) is 0.793. The number of carbonyl (C=O) groups is 1. The summed E-state index contributed by atoms with van der Waals surface area (Å²) in [5.41, 5.74) is 2.40. The smallest absolute Gasteiger partial charge is 0.217 e. The van der Waals surface area contributed by atoms with E-state index >= 15 is 0 Å². The number of carbonyl (C=O) groups excluding carboxylic acids is 1. The van der Waals surface area contributed by atoms with Gasteiger partial charge in [-0.25, -0.2) is 0 Å². The molecule has 1 saturated heterocycles. The summed E-state index contributed by atoms with van der Waals surface area (Å²) in [6, 6.07) is 11.4. The van der Waals surface area contributed by atoms with Crippen molar-refractivity contribution in [3.63, 3.8) is 0 Å². The van der Waals surface area contributed by atoms with Gasteiger partial charge in [-0.15, -0.1) is 0 Å². The summed E-state index contributed by atoms with van der Waals surface area (Å²) in [6.07, 6.45) is 2.70. The fraction of sp³-hybridized carbons (Fsp3) is 0.381. The Hall–Kier alpha value is -3.11. The molecule has 1 aromatic carbocycles. The summed E-state index contributed by atoms with van der Waals surface area (Å²) < 4.78 is 11.5. The van der Waals surface area contributed by atoms with E-state index in [2.05, 4.69) is 21.3 Å². The molecule has 1 N–H and O–H groups in total. The SMILES string of the molecule is COc1ccc(C#N)cc1CN1CCC(Oc2ccnc(CNC(C)=O)c2)C1. The minimum atomic E-state index is -0.0875. The van der Waals surface area contributed by atoms with Crippen molar-refractivity contribution >= 4 is 5.91 Å². The molecule has 3 rings (SSSR count). The van der Waals surface area contributed by atoms with E-state index in [9.17, 15) is 4.79 Å². The molecule has 0 bridgehead atoms. The minimum absolute atomic E-state index is 0.0844. The lowest BCUT2D eigenvalue weighted by Gasteiger charge is -2.18. The van der Waals surface area contributed by atoms with Gasteiger partial charge in [0.1, 0.15) is 17.6 Å². The van der Waals surface area contributed by atoms with Gasteiger partial charge in [-0.2, -0.15) is 5.26 Å². The van der Waals surface area contributed by atoms with E-state index in [4.69, 9.17) is 14.7 Å². The van der Waals surface area contributed by atoms with Crippen LogP contribution in [0.15, 0.2) is 36.5 Å². The van der Waals surface area contributed by atoms with E-state index in [1.165, 1.54) is 6.92 Å². The van der Waals surface area contributed by atoms with Gasteiger partial charge in [-0.05, 0) is 30.7 Å². The highest BCUT2D eigenvalue weighted by atomic mass is 16.5. The predicted molar refractivity (Wildman–Crippen MR) is 104 cm³/mol. The number of aromatic nitrogens is 1. The van der Waals surface area contributed by atoms with Crippen molar-refractivity contribution in [1.29, 1.82) is 5.26 Å². The molecule has 1 aliphatic rings. The maximum absolute atomic E-state index is 11.1. The molecule has 0 radical (unpaired) electrons. The van der Waals surface area contributed by atoms with Crippen LogP contribution in [0.3, 0.4) is 0 Å². The first-order valence-electron chi connectivity index (χ1n) is 9.22. The largest absolute Gasteiger partial charge is 0.496 e. The van der Waals surface area contributed by atoms with Crippen molar-refractivity contribution in [2.75, 3.05) is 20.2 Å². The van der Waals surface area contributed by atoms with Gasteiger partial charge in [-0.1, -0.05) is 0 Å². The average molecular weight is 380 g/mol. The Morgan fingerprint density at radius 2 is 2.25 bits per heavy atom.